The zero-order chi connectivity index (χ0) is 14.5. The summed E-state index contributed by atoms with van der Waals surface area (Å²) in [7, 11) is 1.58. The van der Waals surface area contributed by atoms with Crippen molar-refractivity contribution in [2.75, 3.05) is 7.11 Å². The molecule has 4 heteroatoms. The van der Waals surface area contributed by atoms with Gasteiger partial charge in [0.25, 0.3) is 0 Å². The van der Waals surface area contributed by atoms with E-state index < -0.39 is 0 Å². The average Bonchev–Trinajstić information content (AvgIpc) is 2.44. The highest BCUT2D eigenvalue weighted by atomic mass is 16.5. The summed E-state index contributed by atoms with van der Waals surface area (Å²) in [5, 5.41) is 0. The Bertz CT molecular complexity index is 623. The summed E-state index contributed by atoms with van der Waals surface area (Å²) in [6.45, 7) is 3.86. The normalized spacial score (nSPS) is 10.2. The molecule has 2 rings (SSSR count). The van der Waals surface area contributed by atoms with E-state index in [-0.39, 0.29) is 5.78 Å². The lowest BCUT2D eigenvalue weighted by atomic mass is 10.1. The monoisotopic (exact) mass is 271 g/mol. The van der Waals surface area contributed by atoms with Crippen LogP contribution in [-0.4, -0.2) is 17.9 Å². The number of methoxy groups -OCH3 is 1. The van der Waals surface area contributed by atoms with Gasteiger partial charge in [-0.15, -0.1) is 0 Å². The molecule has 0 atom stereocenters. The topological polar surface area (TPSA) is 48.4 Å². The molecule has 0 saturated carbocycles. The fourth-order valence-corrected chi connectivity index (χ4v) is 1.90. The van der Waals surface area contributed by atoms with Crippen LogP contribution < -0.4 is 9.47 Å². The smallest absolute Gasteiger partial charge is 0.163 e. The summed E-state index contributed by atoms with van der Waals surface area (Å²) in [4.78, 5) is 15.7. The molecule has 0 amide bonds. The molecular weight excluding hydrogens is 254 g/mol. The molecule has 0 fully saturated rings. The minimum atomic E-state index is -0.0370. The fraction of sp³-hybridized carbons (Fsp3) is 0.250. The first kappa shape index (κ1) is 14.1. The third kappa shape index (κ3) is 3.35. The first-order valence-electron chi connectivity index (χ1n) is 6.32. The summed E-state index contributed by atoms with van der Waals surface area (Å²) in [5.41, 5.74) is 2.58. The van der Waals surface area contributed by atoms with Crippen molar-refractivity contribution < 1.29 is 14.3 Å². The Kier molecular flexibility index (Phi) is 4.35. The van der Waals surface area contributed by atoms with Crippen LogP contribution in [0.3, 0.4) is 0 Å². The molecule has 1 aromatic heterocycles. The predicted octanol–water partition coefficient (Wildman–Crippen LogP) is 3.18. The van der Waals surface area contributed by atoms with Crippen molar-refractivity contribution in [2.45, 2.75) is 20.5 Å². The van der Waals surface area contributed by atoms with Gasteiger partial charge in [0.2, 0.25) is 0 Å². The van der Waals surface area contributed by atoms with Gasteiger partial charge in [-0.2, -0.15) is 0 Å². The zero-order valence-corrected chi connectivity index (χ0v) is 11.8. The lowest BCUT2D eigenvalue weighted by molar-refractivity contribution is 0.101. The minimum Gasteiger partial charge on any atom is -0.497 e. The molecule has 0 bridgehead atoms. The van der Waals surface area contributed by atoms with E-state index in [1.165, 1.54) is 6.92 Å². The number of carbonyl (C=O) groups excluding carboxylic acids is 1. The molecule has 1 aromatic carbocycles. The van der Waals surface area contributed by atoms with Crippen molar-refractivity contribution in [3.05, 3.63) is 53.3 Å². The number of ketones is 1. The lowest BCUT2D eigenvalue weighted by Gasteiger charge is -2.11. The molecule has 0 radical (unpaired) electrons. The van der Waals surface area contributed by atoms with Gasteiger partial charge < -0.3 is 9.47 Å². The maximum Gasteiger partial charge on any atom is 0.163 e. The largest absolute Gasteiger partial charge is 0.497 e. The predicted molar refractivity (Wildman–Crippen MR) is 76.3 cm³/mol. The standard InChI is InChI=1S/C16H17NO3/c1-11-6-13(9-17-8-11)10-20-16-7-14(19-3)4-5-15(16)12(2)18/h4-9H,10H2,1-3H3. The molecule has 0 spiro atoms. The van der Waals surface area contributed by atoms with Crippen molar-refractivity contribution >= 4 is 5.78 Å². The number of benzene rings is 1. The van der Waals surface area contributed by atoms with Gasteiger partial charge in [0, 0.05) is 24.0 Å². The Morgan fingerprint density at radius 2 is 2.05 bits per heavy atom. The van der Waals surface area contributed by atoms with Crippen LogP contribution in [-0.2, 0) is 6.61 Å². The van der Waals surface area contributed by atoms with Crippen molar-refractivity contribution in [1.82, 2.24) is 4.98 Å². The third-order valence-electron chi connectivity index (χ3n) is 2.89. The Hall–Kier alpha value is -2.36. The Morgan fingerprint density at radius 3 is 2.70 bits per heavy atom. The van der Waals surface area contributed by atoms with Crippen LogP contribution in [0.2, 0.25) is 0 Å². The summed E-state index contributed by atoms with van der Waals surface area (Å²) >= 11 is 0. The van der Waals surface area contributed by atoms with Gasteiger partial charge >= 0.3 is 0 Å². The molecule has 104 valence electrons. The second-order valence-corrected chi connectivity index (χ2v) is 4.58. The molecule has 0 aliphatic carbocycles. The SMILES string of the molecule is COc1ccc(C(C)=O)c(OCc2cncc(C)c2)c1. The molecule has 4 nitrogen and oxygen atoms in total. The Morgan fingerprint density at radius 1 is 1.25 bits per heavy atom. The summed E-state index contributed by atoms with van der Waals surface area (Å²) in [6, 6.07) is 7.18. The molecule has 0 aliphatic rings. The third-order valence-corrected chi connectivity index (χ3v) is 2.89. The van der Waals surface area contributed by atoms with Gasteiger partial charge in [-0.05, 0) is 37.6 Å². The van der Waals surface area contributed by atoms with Crippen molar-refractivity contribution in [1.29, 1.82) is 0 Å². The van der Waals surface area contributed by atoms with E-state index in [0.717, 1.165) is 11.1 Å². The number of Topliss-reactive ketones (excluding diaryl/α,β-unsaturated/α-hetero) is 1. The fourth-order valence-electron chi connectivity index (χ4n) is 1.90. The summed E-state index contributed by atoms with van der Waals surface area (Å²) in [6.07, 6.45) is 3.54. The Labute approximate surface area is 118 Å². The Balaban J connectivity index is 2.21. The maximum absolute atomic E-state index is 11.6. The van der Waals surface area contributed by atoms with Crippen LogP contribution in [0, 0.1) is 6.92 Å². The molecular formula is C16H17NO3. The number of rotatable bonds is 5. The molecule has 2 aromatic rings. The zero-order valence-electron chi connectivity index (χ0n) is 11.8. The van der Waals surface area contributed by atoms with Gasteiger partial charge in [0.15, 0.2) is 5.78 Å². The maximum atomic E-state index is 11.6. The van der Waals surface area contributed by atoms with E-state index in [9.17, 15) is 4.79 Å². The highest BCUT2D eigenvalue weighted by Crippen LogP contribution is 2.26. The first-order valence-corrected chi connectivity index (χ1v) is 6.32. The number of carbonyl (C=O) groups is 1. The average molecular weight is 271 g/mol. The van der Waals surface area contributed by atoms with Gasteiger partial charge in [0.1, 0.15) is 18.1 Å². The molecule has 0 saturated heterocycles. The van der Waals surface area contributed by atoms with Gasteiger partial charge in [0.05, 0.1) is 12.7 Å². The number of hydrogen-bond acceptors (Lipinski definition) is 4. The van der Waals surface area contributed by atoms with Crippen LogP contribution in [0.5, 0.6) is 11.5 Å². The van der Waals surface area contributed by atoms with Crippen LogP contribution in [0.1, 0.15) is 28.4 Å². The second kappa shape index (κ2) is 6.19. The number of nitrogens with zero attached hydrogens (tertiary/aromatic N) is 1. The number of aryl methyl sites for hydroxylation is 1. The highest BCUT2D eigenvalue weighted by molar-refractivity contribution is 5.97. The quantitative estimate of drug-likeness (QED) is 0.784. The summed E-state index contributed by atoms with van der Waals surface area (Å²) in [5.74, 6) is 1.15. The van der Waals surface area contributed by atoms with Crippen LogP contribution in [0.4, 0.5) is 0 Å². The number of aromatic nitrogens is 1. The van der Waals surface area contributed by atoms with E-state index in [1.54, 1.807) is 37.7 Å². The lowest BCUT2D eigenvalue weighted by Crippen LogP contribution is -2.02. The van der Waals surface area contributed by atoms with E-state index in [1.807, 2.05) is 13.0 Å². The van der Waals surface area contributed by atoms with Crippen LogP contribution >= 0.6 is 0 Å². The number of hydrogen-bond donors (Lipinski definition) is 0. The van der Waals surface area contributed by atoms with Gasteiger partial charge in [-0.1, -0.05) is 0 Å². The number of pyridine rings is 1. The van der Waals surface area contributed by atoms with Crippen LogP contribution in [0.25, 0.3) is 0 Å². The van der Waals surface area contributed by atoms with E-state index in [4.69, 9.17) is 9.47 Å². The van der Waals surface area contributed by atoms with Crippen molar-refractivity contribution in [2.24, 2.45) is 0 Å². The van der Waals surface area contributed by atoms with E-state index in [2.05, 4.69) is 4.98 Å². The first-order chi connectivity index (χ1) is 9.60. The molecule has 0 unspecified atom stereocenters. The minimum absolute atomic E-state index is 0.0370. The van der Waals surface area contributed by atoms with Crippen molar-refractivity contribution in [3.8, 4) is 11.5 Å². The van der Waals surface area contributed by atoms with Crippen molar-refractivity contribution in [3.63, 3.8) is 0 Å². The van der Waals surface area contributed by atoms with Crippen LogP contribution in [0.15, 0.2) is 36.7 Å². The van der Waals surface area contributed by atoms with E-state index in [0.29, 0.717) is 23.7 Å². The molecule has 0 aliphatic heterocycles. The number of ether oxygens (including phenoxy) is 2. The van der Waals surface area contributed by atoms with E-state index >= 15 is 0 Å². The van der Waals surface area contributed by atoms with Gasteiger partial charge in [-0.3, -0.25) is 9.78 Å². The molecule has 1 heterocycles. The molecule has 0 N–H and O–H groups in total. The summed E-state index contributed by atoms with van der Waals surface area (Å²) < 4.78 is 10.9. The van der Waals surface area contributed by atoms with Gasteiger partial charge in [-0.25, -0.2) is 0 Å². The molecule has 20 heavy (non-hydrogen) atoms. The second-order valence-electron chi connectivity index (χ2n) is 4.58. The highest BCUT2D eigenvalue weighted by Gasteiger charge is 2.10.